The summed E-state index contributed by atoms with van der Waals surface area (Å²) in [5, 5.41) is 11.9. The highest BCUT2D eigenvalue weighted by Gasteiger charge is 2.41. The maximum atomic E-state index is 12.8. The maximum absolute atomic E-state index is 12.8. The van der Waals surface area contributed by atoms with Crippen LogP contribution in [0.5, 0.6) is 0 Å². The first kappa shape index (κ1) is 23.7. The molecule has 2 fully saturated rings. The van der Waals surface area contributed by atoms with Crippen LogP contribution >= 0.6 is 0 Å². The van der Waals surface area contributed by atoms with E-state index in [1.165, 1.54) is 25.7 Å². The van der Waals surface area contributed by atoms with Gasteiger partial charge in [-0.25, -0.2) is 4.79 Å². The summed E-state index contributed by atoms with van der Waals surface area (Å²) in [5.41, 5.74) is 0.970. The first-order valence-electron chi connectivity index (χ1n) is 12.8. The van der Waals surface area contributed by atoms with Gasteiger partial charge in [-0.15, -0.1) is 10.2 Å². The number of rotatable bonds is 9. The van der Waals surface area contributed by atoms with Gasteiger partial charge in [-0.1, -0.05) is 39.0 Å². The number of nitrogens with one attached hydrogen (secondary N) is 1. The van der Waals surface area contributed by atoms with Crippen LogP contribution in [0.4, 0.5) is 10.5 Å². The number of benzene rings is 1. The molecule has 180 valence electrons. The zero-order valence-electron chi connectivity index (χ0n) is 20.7. The molecular formula is C26H40N6O. The molecule has 0 spiro atoms. The number of carbonyl (C=O) groups is 1. The average molecular weight is 453 g/mol. The quantitative estimate of drug-likeness (QED) is 0.588. The molecular weight excluding hydrogens is 412 g/mol. The summed E-state index contributed by atoms with van der Waals surface area (Å²) in [6, 6.07) is 11.8. The summed E-state index contributed by atoms with van der Waals surface area (Å²) in [7, 11) is 0. The minimum atomic E-state index is 0.00836. The molecule has 4 rings (SSSR count). The Bertz CT molecular complexity index is 897. The highest BCUT2D eigenvalue weighted by atomic mass is 16.2. The van der Waals surface area contributed by atoms with E-state index in [0.29, 0.717) is 30.6 Å². The van der Waals surface area contributed by atoms with Gasteiger partial charge in [0.1, 0.15) is 11.6 Å². The molecule has 2 aromatic rings. The highest BCUT2D eigenvalue weighted by Crippen LogP contribution is 2.42. The molecule has 2 aliphatic heterocycles. The fourth-order valence-corrected chi connectivity index (χ4v) is 5.75. The lowest BCUT2D eigenvalue weighted by atomic mass is 9.96. The number of aryl methyl sites for hydroxylation is 1. The van der Waals surface area contributed by atoms with Crippen LogP contribution in [0.1, 0.15) is 82.9 Å². The minimum Gasteiger partial charge on any atom is -0.338 e. The van der Waals surface area contributed by atoms with E-state index < -0.39 is 0 Å². The molecule has 7 nitrogen and oxygen atoms in total. The molecule has 1 aromatic carbocycles. The van der Waals surface area contributed by atoms with E-state index in [-0.39, 0.29) is 6.03 Å². The van der Waals surface area contributed by atoms with Crippen LogP contribution in [-0.2, 0) is 0 Å². The van der Waals surface area contributed by atoms with Gasteiger partial charge in [0.15, 0.2) is 0 Å². The monoisotopic (exact) mass is 452 g/mol. The Labute approximate surface area is 198 Å². The van der Waals surface area contributed by atoms with Crippen LogP contribution < -0.4 is 10.2 Å². The van der Waals surface area contributed by atoms with Crippen molar-refractivity contribution in [2.24, 2.45) is 0 Å². The molecule has 0 radical (unpaired) electrons. The van der Waals surface area contributed by atoms with E-state index in [4.69, 9.17) is 0 Å². The largest absolute Gasteiger partial charge is 0.338 e. The molecule has 3 atom stereocenters. The van der Waals surface area contributed by atoms with Gasteiger partial charge in [0.05, 0.1) is 0 Å². The molecule has 3 heterocycles. The third kappa shape index (κ3) is 5.24. The number of carbonyl (C=O) groups excluding carboxylic acids is 1. The van der Waals surface area contributed by atoms with Gasteiger partial charge in [-0.05, 0) is 57.6 Å². The van der Waals surface area contributed by atoms with E-state index in [1.807, 2.05) is 35.2 Å². The second-order valence-corrected chi connectivity index (χ2v) is 9.95. The number of amides is 2. The fourth-order valence-electron chi connectivity index (χ4n) is 5.75. The second kappa shape index (κ2) is 10.7. The number of urea groups is 1. The summed E-state index contributed by atoms with van der Waals surface area (Å²) in [6.07, 6.45) is 6.83. The molecule has 7 heteroatoms. The number of piperidine rings is 1. The van der Waals surface area contributed by atoms with Crippen molar-refractivity contribution >= 4 is 11.7 Å². The predicted molar refractivity (Wildman–Crippen MR) is 133 cm³/mol. The Morgan fingerprint density at radius 3 is 2.45 bits per heavy atom. The highest BCUT2D eigenvalue weighted by molar-refractivity contribution is 5.91. The van der Waals surface area contributed by atoms with Crippen LogP contribution in [-0.4, -0.2) is 57.4 Å². The molecule has 0 saturated carbocycles. The van der Waals surface area contributed by atoms with Crippen LogP contribution in [0.15, 0.2) is 30.3 Å². The smallest absolute Gasteiger partial charge is 0.321 e. The lowest BCUT2D eigenvalue weighted by Gasteiger charge is -2.40. The Morgan fingerprint density at radius 2 is 1.82 bits per heavy atom. The van der Waals surface area contributed by atoms with Crippen molar-refractivity contribution < 1.29 is 4.79 Å². The first-order chi connectivity index (χ1) is 16.0. The first-order valence-corrected chi connectivity index (χ1v) is 12.8. The number of nitrogens with zero attached hydrogens (tertiary/aromatic N) is 5. The third-order valence-corrected chi connectivity index (χ3v) is 7.27. The second-order valence-electron chi connectivity index (χ2n) is 9.95. The Kier molecular flexibility index (Phi) is 7.68. The van der Waals surface area contributed by atoms with Crippen molar-refractivity contribution in [1.82, 2.24) is 25.0 Å². The van der Waals surface area contributed by atoms with Crippen molar-refractivity contribution in [3.8, 4) is 0 Å². The van der Waals surface area contributed by atoms with Crippen LogP contribution in [0, 0.1) is 6.92 Å². The number of anilines is 1. The third-order valence-electron chi connectivity index (χ3n) is 7.27. The number of aromatic nitrogens is 3. The molecule has 0 aliphatic carbocycles. The van der Waals surface area contributed by atoms with Gasteiger partial charge in [-0.2, -0.15) is 0 Å². The molecule has 2 saturated heterocycles. The van der Waals surface area contributed by atoms with Gasteiger partial charge in [0, 0.05) is 49.4 Å². The zero-order chi connectivity index (χ0) is 23.4. The summed E-state index contributed by atoms with van der Waals surface area (Å²) >= 11 is 0. The van der Waals surface area contributed by atoms with E-state index in [2.05, 4.69) is 52.7 Å². The van der Waals surface area contributed by atoms with Gasteiger partial charge in [0.25, 0.3) is 0 Å². The van der Waals surface area contributed by atoms with Crippen molar-refractivity contribution in [3.63, 3.8) is 0 Å². The van der Waals surface area contributed by atoms with Gasteiger partial charge in [-0.3, -0.25) is 9.80 Å². The standard InChI is InChI=1S/C26H40N6O/c1-5-14-27-26(33)31(21-10-7-6-8-11-21)16-9-15-30-22-12-13-23(30)18-24(17-22)32-20(4)28-29-25(32)19(2)3/h6-8,10-11,19,22-24H,5,9,12-18H2,1-4H3,(H,27,33)/t22-,23+,24?. The molecule has 2 amide bonds. The van der Waals surface area contributed by atoms with Crippen molar-refractivity contribution in [1.29, 1.82) is 0 Å². The average Bonchev–Trinajstić information content (AvgIpc) is 3.31. The maximum Gasteiger partial charge on any atom is 0.321 e. The lowest BCUT2D eigenvalue weighted by molar-refractivity contribution is 0.104. The molecule has 1 unspecified atom stereocenters. The SMILES string of the molecule is CCCNC(=O)N(CCCN1[C@@H]2CC[C@H]1CC(n1c(C)nnc1C(C)C)C2)c1ccccc1. The normalized spacial score (nSPS) is 22.6. The summed E-state index contributed by atoms with van der Waals surface area (Å²) in [5.74, 6) is 2.57. The van der Waals surface area contributed by atoms with Crippen LogP contribution in [0.3, 0.4) is 0 Å². The van der Waals surface area contributed by atoms with Crippen LogP contribution in [0.2, 0.25) is 0 Å². The summed E-state index contributed by atoms with van der Waals surface area (Å²) in [6.45, 7) is 11.1. The van der Waals surface area contributed by atoms with E-state index in [9.17, 15) is 4.79 Å². The van der Waals surface area contributed by atoms with Gasteiger partial charge < -0.3 is 9.88 Å². The molecule has 1 aromatic heterocycles. The van der Waals surface area contributed by atoms with Crippen molar-refractivity contribution in [2.75, 3.05) is 24.5 Å². The van der Waals surface area contributed by atoms with E-state index >= 15 is 0 Å². The summed E-state index contributed by atoms with van der Waals surface area (Å²) < 4.78 is 2.42. The van der Waals surface area contributed by atoms with Gasteiger partial charge >= 0.3 is 6.03 Å². The Morgan fingerprint density at radius 1 is 1.12 bits per heavy atom. The lowest BCUT2D eigenvalue weighted by Crippen LogP contribution is -2.46. The van der Waals surface area contributed by atoms with Gasteiger partial charge in [0.2, 0.25) is 0 Å². The Hall–Kier alpha value is -2.41. The number of hydrogen-bond donors (Lipinski definition) is 1. The minimum absolute atomic E-state index is 0.00836. The number of fused-ring (bicyclic) bond motifs is 2. The number of hydrogen-bond acceptors (Lipinski definition) is 4. The number of para-hydroxylation sites is 1. The van der Waals surface area contributed by atoms with Crippen molar-refractivity contribution in [3.05, 3.63) is 42.0 Å². The van der Waals surface area contributed by atoms with Crippen LogP contribution in [0.25, 0.3) is 0 Å². The predicted octanol–water partition coefficient (Wildman–Crippen LogP) is 4.89. The topological polar surface area (TPSA) is 66.3 Å². The Balaban J connectivity index is 1.38. The van der Waals surface area contributed by atoms with E-state index in [1.54, 1.807) is 0 Å². The molecule has 1 N–H and O–H groups in total. The molecule has 2 aliphatic rings. The molecule has 2 bridgehead atoms. The zero-order valence-corrected chi connectivity index (χ0v) is 20.7. The van der Waals surface area contributed by atoms with E-state index in [0.717, 1.165) is 43.3 Å². The summed E-state index contributed by atoms with van der Waals surface area (Å²) in [4.78, 5) is 17.4. The van der Waals surface area contributed by atoms with Crippen molar-refractivity contribution in [2.45, 2.75) is 90.3 Å². The fraction of sp³-hybridized carbons (Fsp3) is 0.654. The molecule has 33 heavy (non-hydrogen) atoms.